The topological polar surface area (TPSA) is 22.1 Å². The van der Waals surface area contributed by atoms with Crippen molar-refractivity contribution in [1.82, 2.24) is 4.98 Å². The Morgan fingerprint density at radius 3 is 2.85 bits per heavy atom. The molecular formula is C24H33NO. The Balaban J connectivity index is 1.46. The molecule has 2 heteroatoms. The van der Waals surface area contributed by atoms with Crippen molar-refractivity contribution in [2.75, 3.05) is 6.61 Å². The highest BCUT2D eigenvalue weighted by Gasteiger charge is 2.59. The Bertz CT molecular complexity index is 739. The third-order valence-electron chi connectivity index (χ3n) is 8.84. The standard InChI is InChI=1S/C24H33NO/c1-4-16-13-17(15-25-14-16)19-6-7-20-18-5-8-22-24(3,11-12-26-22)21(18)9-10-23(19,20)2/h6,13-15,18,20-22H,4-5,7-12H2,1-3H3/t18?,20-,21?,22?,23?,24?/m0/s1. The molecule has 4 aliphatic rings. The zero-order chi connectivity index (χ0) is 17.9. The van der Waals surface area contributed by atoms with Crippen LogP contribution in [-0.2, 0) is 11.2 Å². The summed E-state index contributed by atoms with van der Waals surface area (Å²) >= 11 is 0. The van der Waals surface area contributed by atoms with Crippen LogP contribution in [0, 0.1) is 28.6 Å². The van der Waals surface area contributed by atoms with E-state index in [0.717, 1.165) is 30.8 Å². The summed E-state index contributed by atoms with van der Waals surface area (Å²) in [5.41, 5.74) is 5.13. The largest absolute Gasteiger partial charge is 0.378 e. The van der Waals surface area contributed by atoms with E-state index >= 15 is 0 Å². The van der Waals surface area contributed by atoms with Crippen LogP contribution in [0.2, 0.25) is 0 Å². The Morgan fingerprint density at radius 2 is 2.00 bits per heavy atom. The van der Waals surface area contributed by atoms with Gasteiger partial charge in [-0.2, -0.15) is 0 Å². The third-order valence-corrected chi connectivity index (χ3v) is 8.84. The Labute approximate surface area is 158 Å². The van der Waals surface area contributed by atoms with Crippen molar-refractivity contribution in [1.29, 1.82) is 0 Å². The normalized spacial score (nSPS) is 44.2. The maximum absolute atomic E-state index is 6.14. The van der Waals surface area contributed by atoms with Gasteiger partial charge in [0.1, 0.15) is 0 Å². The molecule has 0 radical (unpaired) electrons. The summed E-state index contributed by atoms with van der Waals surface area (Å²) in [6, 6.07) is 2.39. The number of hydrogen-bond donors (Lipinski definition) is 0. The van der Waals surface area contributed by atoms with E-state index < -0.39 is 0 Å². The Kier molecular flexibility index (Phi) is 3.87. The minimum absolute atomic E-state index is 0.345. The first-order valence-corrected chi connectivity index (χ1v) is 10.8. The van der Waals surface area contributed by atoms with Crippen molar-refractivity contribution >= 4 is 5.57 Å². The van der Waals surface area contributed by atoms with Crippen molar-refractivity contribution in [2.24, 2.45) is 28.6 Å². The number of fused-ring (bicyclic) bond motifs is 5. The molecule has 0 spiro atoms. The number of pyridine rings is 1. The quantitative estimate of drug-likeness (QED) is 0.685. The fraction of sp³-hybridized carbons (Fsp3) is 0.708. The molecule has 1 saturated heterocycles. The van der Waals surface area contributed by atoms with Gasteiger partial charge in [0.2, 0.25) is 0 Å². The van der Waals surface area contributed by atoms with Crippen molar-refractivity contribution in [3.05, 3.63) is 35.7 Å². The summed E-state index contributed by atoms with van der Waals surface area (Å²) in [7, 11) is 0. The minimum atomic E-state index is 0.345. The number of hydrogen-bond acceptors (Lipinski definition) is 2. The van der Waals surface area contributed by atoms with Gasteiger partial charge in [0, 0.05) is 19.0 Å². The molecule has 0 aromatic carbocycles. The lowest BCUT2D eigenvalue weighted by Crippen LogP contribution is -2.51. The molecule has 1 aliphatic heterocycles. The van der Waals surface area contributed by atoms with Gasteiger partial charge in [0.05, 0.1) is 6.10 Å². The van der Waals surface area contributed by atoms with Crippen LogP contribution >= 0.6 is 0 Å². The van der Waals surface area contributed by atoms with E-state index in [1.807, 2.05) is 6.20 Å². The van der Waals surface area contributed by atoms with E-state index in [9.17, 15) is 0 Å². The maximum atomic E-state index is 6.14. The number of aryl methyl sites for hydroxylation is 1. The molecule has 5 unspecified atom stereocenters. The summed E-state index contributed by atoms with van der Waals surface area (Å²) in [5.74, 6) is 2.57. The van der Waals surface area contributed by atoms with Crippen LogP contribution in [0.4, 0.5) is 0 Å². The fourth-order valence-corrected chi connectivity index (χ4v) is 7.31. The second kappa shape index (κ2) is 5.92. The Morgan fingerprint density at radius 1 is 1.12 bits per heavy atom. The first-order chi connectivity index (χ1) is 12.6. The number of allylic oxidation sites excluding steroid dienone is 2. The molecule has 6 atom stereocenters. The van der Waals surface area contributed by atoms with E-state index in [2.05, 4.69) is 44.1 Å². The summed E-state index contributed by atoms with van der Waals surface area (Å²) < 4.78 is 6.14. The van der Waals surface area contributed by atoms with Crippen molar-refractivity contribution in [2.45, 2.75) is 71.8 Å². The van der Waals surface area contributed by atoms with Gasteiger partial charge in [-0.25, -0.2) is 0 Å². The zero-order valence-electron chi connectivity index (χ0n) is 16.6. The van der Waals surface area contributed by atoms with E-state index in [4.69, 9.17) is 4.74 Å². The highest BCUT2D eigenvalue weighted by atomic mass is 16.5. The molecule has 2 saturated carbocycles. The summed E-state index contributed by atoms with van der Waals surface area (Å²) in [6.07, 6.45) is 16.2. The third kappa shape index (κ3) is 2.24. The second-order valence-corrected chi connectivity index (χ2v) is 9.81. The van der Waals surface area contributed by atoms with Gasteiger partial charge in [-0.15, -0.1) is 0 Å². The smallest absolute Gasteiger partial charge is 0.0632 e. The van der Waals surface area contributed by atoms with Gasteiger partial charge in [-0.3, -0.25) is 4.98 Å². The molecule has 3 aliphatic carbocycles. The minimum Gasteiger partial charge on any atom is -0.378 e. The molecular weight excluding hydrogens is 318 g/mol. The molecule has 2 nitrogen and oxygen atoms in total. The second-order valence-electron chi connectivity index (χ2n) is 9.81. The molecule has 0 bridgehead atoms. The van der Waals surface area contributed by atoms with E-state index in [1.165, 1.54) is 49.7 Å². The van der Waals surface area contributed by atoms with Gasteiger partial charge in [-0.05, 0) is 96.3 Å². The van der Waals surface area contributed by atoms with Crippen LogP contribution in [0.5, 0.6) is 0 Å². The van der Waals surface area contributed by atoms with Crippen molar-refractivity contribution in [3.8, 4) is 0 Å². The molecule has 1 aromatic rings. The predicted molar refractivity (Wildman–Crippen MR) is 106 cm³/mol. The lowest BCUT2D eigenvalue weighted by molar-refractivity contribution is -0.0889. The summed E-state index contributed by atoms with van der Waals surface area (Å²) in [6.45, 7) is 8.32. The van der Waals surface area contributed by atoms with Gasteiger partial charge in [-0.1, -0.05) is 26.8 Å². The average Bonchev–Trinajstić information content (AvgIpc) is 3.21. The van der Waals surface area contributed by atoms with Crippen molar-refractivity contribution in [3.63, 3.8) is 0 Å². The first kappa shape index (κ1) is 17.0. The monoisotopic (exact) mass is 351 g/mol. The SMILES string of the molecule is CCc1cncc(C2=CC[C@H]3C4CCC5OCCC5(C)C4CCC23C)c1. The van der Waals surface area contributed by atoms with Crippen LogP contribution in [-0.4, -0.2) is 17.7 Å². The van der Waals surface area contributed by atoms with Crippen LogP contribution in [0.3, 0.4) is 0 Å². The molecule has 0 amide bonds. The molecule has 5 rings (SSSR count). The van der Waals surface area contributed by atoms with Crippen LogP contribution in [0.25, 0.3) is 5.57 Å². The summed E-state index contributed by atoms with van der Waals surface area (Å²) in [5, 5.41) is 0. The number of rotatable bonds is 2. The van der Waals surface area contributed by atoms with Gasteiger partial charge in [0.15, 0.2) is 0 Å². The van der Waals surface area contributed by atoms with Crippen LogP contribution in [0.1, 0.15) is 70.4 Å². The number of nitrogens with zero attached hydrogens (tertiary/aromatic N) is 1. The lowest BCUT2D eigenvalue weighted by atomic mass is 9.48. The van der Waals surface area contributed by atoms with E-state index in [-0.39, 0.29) is 0 Å². The molecule has 0 N–H and O–H groups in total. The van der Waals surface area contributed by atoms with E-state index in [0.29, 0.717) is 16.9 Å². The van der Waals surface area contributed by atoms with Crippen LogP contribution in [0.15, 0.2) is 24.5 Å². The average molecular weight is 352 g/mol. The van der Waals surface area contributed by atoms with E-state index in [1.54, 1.807) is 5.57 Å². The summed E-state index contributed by atoms with van der Waals surface area (Å²) in [4.78, 5) is 4.55. The van der Waals surface area contributed by atoms with Crippen LogP contribution < -0.4 is 0 Å². The fourth-order valence-electron chi connectivity index (χ4n) is 7.31. The van der Waals surface area contributed by atoms with Gasteiger partial charge >= 0.3 is 0 Å². The van der Waals surface area contributed by atoms with Crippen molar-refractivity contribution < 1.29 is 4.74 Å². The molecule has 1 aromatic heterocycles. The zero-order valence-corrected chi connectivity index (χ0v) is 16.6. The lowest BCUT2D eigenvalue weighted by Gasteiger charge is -2.56. The first-order valence-electron chi connectivity index (χ1n) is 10.8. The Hall–Kier alpha value is -1.15. The molecule has 3 fully saturated rings. The molecule has 140 valence electrons. The predicted octanol–water partition coefficient (Wildman–Crippen LogP) is 5.67. The van der Waals surface area contributed by atoms with Gasteiger partial charge < -0.3 is 4.74 Å². The molecule has 26 heavy (non-hydrogen) atoms. The molecule has 2 heterocycles. The maximum Gasteiger partial charge on any atom is 0.0632 e. The number of aromatic nitrogens is 1. The highest BCUT2D eigenvalue weighted by Crippen LogP contribution is 2.66. The number of ether oxygens (including phenoxy) is 1. The highest BCUT2D eigenvalue weighted by molar-refractivity contribution is 5.72. The van der Waals surface area contributed by atoms with Gasteiger partial charge in [0.25, 0.3) is 0 Å².